The van der Waals surface area contributed by atoms with Crippen molar-refractivity contribution in [1.82, 2.24) is 0 Å². The highest BCUT2D eigenvalue weighted by Crippen LogP contribution is 2.26. The van der Waals surface area contributed by atoms with Gasteiger partial charge in [-0.1, -0.05) is 36.4 Å². The second-order valence-electron chi connectivity index (χ2n) is 5.54. The number of carbonyl (C=O) groups is 1. The third-order valence-electron chi connectivity index (χ3n) is 2.80. The van der Waals surface area contributed by atoms with E-state index in [9.17, 15) is 4.79 Å². The number of hydrogen-bond donors (Lipinski definition) is 0. The number of anilines is 1. The molecule has 0 unspecified atom stereocenters. The third kappa shape index (κ3) is 3.05. The molecule has 0 radical (unpaired) electrons. The summed E-state index contributed by atoms with van der Waals surface area (Å²) in [7, 11) is 1.73. The molecule has 0 aliphatic carbocycles. The first-order valence-corrected chi connectivity index (χ1v) is 6.33. The molecule has 2 rings (SSSR count). The van der Waals surface area contributed by atoms with Gasteiger partial charge in [0.2, 0.25) is 0 Å². The van der Waals surface area contributed by atoms with E-state index >= 15 is 0 Å². The van der Waals surface area contributed by atoms with E-state index in [1.807, 2.05) is 63.2 Å². The van der Waals surface area contributed by atoms with Crippen LogP contribution in [0.5, 0.6) is 0 Å². The Morgan fingerprint density at radius 1 is 1.05 bits per heavy atom. The number of ether oxygens (including phenoxy) is 1. The molecule has 2 aromatic carbocycles. The molecule has 0 bridgehead atoms. The van der Waals surface area contributed by atoms with E-state index in [0.29, 0.717) is 0 Å². The smallest absolute Gasteiger partial charge is 0.414 e. The van der Waals surface area contributed by atoms with Gasteiger partial charge >= 0.3 is 6.09 Å². The largest absolute Gasteiger partial charge is 0.443 e. The highest BCUT2D eigenvalue weighted by Gasteiger charge is 2.21. The second-order valence-corrected chi connectivity index (χ2v) is 5.54. The fourth-order valence-corrected chi connectivity index (χ4v) is 1.93. The number of hydrogen-bond acceptors (Lipinski definition) is 2. The van der Waals surface area contributed by atoms with E-state index in [2.05, 4.69) is 0 Å². The lowest BCUT2D eigenvalue weighted by Gasteiger charge is -2.25. The lowest BCUT2D eigenvalue weighted by molar-refractivity contribution is 0.0590. The summed E-state index contributed by atoms with van der Waals surface area (Å²) in [6, 6.07) is 13.9. The normalized spacial score (nSPS) is 11.4. The van der Waals surface area contributed by atoms with Gasteiger partial charge in [0.15, 0.2) is 0 Å². The third-order valence-corrected chi connectivity index (χ3v) is 2.80. The number of fused-ring (bicyclic) bond motifs is 1. The van der Waals surface area contributed by atoms with Gasteiger partial charge in [0.05, 0.1) is 5.69 Å². The van der Waals surface area contributed by atoms with Crippen LogP contribution in [0.1, 0.15) is 20.8 Å². The Balaban J connectivity index is 2.36. The van der Waals surface area contributed by atoms with E-state index in [-0.39, 0.29) is 6.09 Å². The van der Waals surface area contributed by atoms with Crippen LogP contribution in [0.3, 0.4) is 0 Å². The average molecular weight is 257 g/mol. The molecule has 2 aromatic rings. The van der Waals surface area contributed by atoms with Crippen molar-refractivity contribution in [3.63, 3.8) is 0 Å². The quantitative estimate of drug-likeness (QED) is 0.765. The molecule has 3 heteroatoms. The van der Waals surface area contributed by atoms with Crippen LogP contribution < -0.4 is 4.90 Å². The van der Waals surface area contributed by atoms with Crippen molar-refractivity contribution in [2.45, 2.75) is 26.4 Å². The van der Waals surface area contributed by atoms with Crippen LogP contribution in [0.15, 0.2) is 42.5 Å². The van der Waals surface area contributed by atoms with E-state index in [1.54, 1.807) is 11.9 Å². The zero-order valence-corrected chi connectivity index (χ0v) is 11.8. The summed E-state index contributed by atoms with van der Waals surface area (Å²) in [6.45, 7) is 5.59. The summed E-state index contributed by atoms with van der Waals surface area (Å²) in [5.41, 5.74) is 0.364. The zero-order chi connectivity index (χ0) is 14.0. The van der Waals surface area contributed by atoms with Crippen LogP contribution in [-0.4, -0.2) is 18.7 Å². The lowest BCUT2D eigenvalue weighted by Crippen LogP contribution is -2.34. The van der Waals surface area contributed by atoms with E-state index in [4.69, 9.17) is 4.74 Å². The molecule has 0 atom stereocenters. The Kier molecular flexibility index (Phi) is 3.47. The van der Waals surface area contributed by atoms with Gasteiger partial charge in [-0.2, -0.15) is 0 Å². The maximum atomic E-state index is 12.1. The Hall–Kier alpha value is -2.03. The molecular formula is C16H19NO2. The SMILES string of the molecule is CN(C(=O)OC(C)(C)C)c1cccc2ccccc12. The maximum absolute atomic E-state index is 12.1. The summed E-state index contributed by atoms with van der Waals surface area (Å²) >= 11 is 0. The van der Waals surface area contributed by atoms with Crippen molar-refractivity contribution in [3.8, 4) is 0 Å². The number of benzene rings is 2. The Morgan fingerprint density at radius 3 is 2.37 bits per heavy atom. The minimum absolute atomic E-state index is 0.344. The predicted molar refractivity (Wildman–Crippen MR) is 78.6 cm³/mol. The van der Waals surface area contributed by atoms with E-state index < -0.39 is 5.60 Å². The van der Waals surface area contributed by atoms with Crippen LogP contribution in [0, 0.1) is 0 Å². The number of nitrogens with zero attached hydrogens (tertiary/aromatic N) is 1. The molecule has 0 saturated heterocycles. The van der Waals surface area contributed by atoms with Crippen LogP contribution in [0.4, 0.5) is 10.5 Å². The molecule has 0 heterocycles. The van der Waals surface area contributed by atoms with Gasteiger partial charge in [-0.05, 0) is 32.2 Å². The van der Waals surface area contributed by atoms with Crippen LogP contribution in [-0.2, 0) is 4.74 Å². The maximum Gasteiger partial charge on any atom is 0.414 e. The highest BCUT2D eigenvalue weighted by molar-refractivity contribution is 6.01. The van der Waals surface area contributed by atoms with Gasteiger partial charge in [-0.15, -0.1) is 0 Å². The first kappa shape index (κ1) is 13.4. The molecule has 0 spiro atoms. The summed E-state index contributed by atoms with van der Waals surface area (Å²) in [5, 5.41) is 2.15. The first-order chi connectivity index (χ1) is 8.88. The van der Waals surface area contributed by atoms with Crippen molar-refractivity contribution in [2.24, 2.45) is 0 Å². The van der Waals surface area contributed by atoms with Crippen LogP contribution >= 0.6 is 0 Å². The molecule has 0 saturated carbocycles. The average Bonchev–Trinajstić information content (AvgIpc) is 2.35. The summed E-state index contributed by atoms with van der Waals surface area (Å²) in [5.74, 6) is 0. The molecular weight excluding hydrogens is 238 g/mol. The number of carbonyl (C=O) groups excluding carboxylic acids is 1. The van der Waals surface area contributed by atoms with Crippen molar-refractivity contribution in [1.29, 1.82) is 0 Å². The Morgan fingerprint density at radius 2 is 1.68 bits per heavy atom. The van der Waals surface area contributed by atoms with Crippen LogP contribution in [0.2, 0.25) is 0 Å². The first-order valence-electron chi connectivity index (χ1n) is 6.33. The molecule has 3 nitrogen and oxygen atoms in total. The molecule has 0 aromatic heterocycles. The van der Waals surface area contributed by atoms with E-state index in [1.165, 1.54) is 0 Å². The fourth-order valence-electron chi connectivity index (χ4n) is 1.93. The summed E-state index contributed by atoms with van der Waals surface area (Å²) in [4.78, 5) is 13.7. The topological polar surface area (TPSA) is 29.5 Å². The van der Waals surface area contributed by atoms with Gasteiger partial charge < -0.3 is 4.74 Å². The van der Waals surface area contributed by atoms with Gasteiger partial charge in [-0.25, -0.2) is 4.79 Å². The molecule has 19 heavy (non-hydrogen) atoms. The van der Waals surface area contributed by atoms with Gasteiger partial charge in [-0.3, -0.25) is 4.90 Å². The molecule has 0 aliphatic heterocycles. The molecule has 0 aliphatic rings. The number of rotatable bonds is 1. The molecule has 100 valence electrons. The second kappa shape index (κ2) is 4.92. The highest BCUT2D eigenvalue weighted by atomic mass is 16.6. The van der Waals surface area contributed by atoms with Crippen molar-refractivity contribution in [3.05, 3.63) is 42.5 Å². The van der Waals surface area contributed by atoms with Gasteiger partial charge in [0, 0.05) is 12.4 Å². The minimum atomic E-state index is -0.490. The van der Waals surface area contributed by atoms with E-state index in [0.717, 1.165) is 16.5 Å². The summed E-state index contributed by atoms with van der Waals surface area (Å²) in [6.07, 6.45) is -0.344. The monoisotopic (exact) mass is 257 g/mol. The lowest BCUT2D eigenvalue weighted by atomic mass is 10.1. The van der Waals surface area contributed by atoms with Crippen molar-refractivity contribution in [2.75, 3.05) is 11.9 Å². The van der Waals surface area contributed by atoms with Crippen molar-refractivity contribution < 1.29 is 9.53 Å². The Bertz CT molecular complexity index is 594. The number of amides is 1. The standard InChI is InChI=1S/C16H19NO2/c1-16(2,3)19-15(18)17(4)14-11-7-9-12-8-5-6-10-13(12)14/h5-11H,1-4H3. The van der Waals surface area contributed by atoms with Gasteiger partial charge in [0.25, 0.3) is 0 Å². The van der Waals surface area contributed by atoms with Gasteiger partial charge in [0.1, 0.15) is 5.60 Å². The van der Waals surface area contributed by atoms with Crippen molar-refractivity contribution >= 4 is 22.6 Å². The Labute approximate surface area is 113 Å². The molecule has 0 N–H and O–H groups in total. The fraction of sp³-hybridized carbons (Fsp3) is 0.312. The summed E-state index contributed by atoms with van der Waals surface area (Å²) < 4.78 is 5.39. The minimum Gasteiger partial charge on any atom is -0.443 e. The molecule has 0 fully saturated rings. The van der Waals surface area contributed by atoms with Crippen LogP contribution in [0.25, 0.3) is 10.8 Å². The zero-order valence-electron chi connectivity index (χ0n) is 11.8. The predicted octanol–water partition coefficient (Wildman–Crippen LogP) is 4.21. The molecule has 1 amide bonds.